The lowest BCUT2D eigenvalue weighted by Gasteiger charge is -2.48. The molecule has 3 saturated heterocycles. The first-order valence-corrected chi connectivity index (χ1v) is 17.4. The number of aromatic amines is 1. The van der Waals surface area contributed by atoms with Gasteiger partial charge in [-0.1, -0.05) is 53.6 Å². The molecule has 0 unspecified atom stereocenters. The molecular weight excluding hydrogens is 584 g/mol. The fourth-order valence-corrected chi connectivity index (χ4v) is 11.0. The van der Waals surface area contributed by atoms with Crippen LogP contribution in [0.4, 0.5) is 5.69 Å². The van der Waals surface area contributed by atoms with E-state index >= 15 is 0 Å². The normalized spacial score (nSPS) is 34.5. The molecular formula is C40H44N4O3. The third-order valence-corrected chi connectivity index (χ3v) is 13.2. The van der Waals surface area contributed by atoms with Gasteiger partial charge >= 0.3 is 5.97 Å². The molecule has 2 aromatic carbocycles. The topological polar surface area (TPSA) is 77.7 Å². The zero-order valence-corrected chi connectivity index (χ0v) is 27.8. The first-order chi connectivity index (χ1) is 22.9. The molecule has 0 amide bonds. The number of benzene rings is 2. The molecule has 4 aliphatic heterocycles. The molecule has 9 rings (SSSR count). The number of aldehydes is 1. The van der Waals surface area contributed by atoms with Crippen LogP contribution in [0.3, 0.4) is 0 Å². The highest BCUT2D eigenvalue weighted by atomic mass is 16.5. The van der Waals surface area contributed by atoms with E-state index in [1.165, 1.54) is 46.0 Å². The highest BCUT2D eigenvalue weighted by Gasteiger charge is 2.61. The van der Waals surface area contributed by atoms with Crippen molar-refractivity contribution in [2.45, 2.75) is 62.9 Å². The number of aromatic nitrogens is 1. The zero-order valence-electron chi connectivity index (χ0n) is 27.8. The molecule has 1 aromatic heterocycles. The summed E-state index contributed by atoms with van der Waals surface area (Å²) in [4.78, 5) is 35.4. The van der Waals surface area contributed by atoms with Gasteiger partial charge in [0.05, 0.1) is 18.4 Å². The standard InChI is InChI=1S/C40H44N4O3/c1-5-22-19-43(3)34-17-29-25-9-7-8-10-32(25)41-37(29)28(16-27(22)36(34)39(46)47-4)24-11-12-33-31(15-24)40-13-14-44-20-23(6-2)26(18-35(40)44)30(21-45)38(40)42-33/h5-12,15,21,26-28,34-36,41-42H,13-14,16-20H2,1-4H3/b22-5-,23-6+/t26-,27-,28+,34-,35-,36-,40+/m0/s1. The van der Waals surface area contributed by atoms with E-state index in [0.717, 1.165) is 74.1 Å². The van der Waals surface area contributed by atoms with Crippen molar-refractivity contribution >= 4 is 28.8 Å². The predicted octanol–water partition coefficient (Wildman–Crippen LogP) is 6.08. The molecule has 7 heteroatoms. The summed E-state index contributed by atoms with van der Waals surface area (Å²) in [6.45, 7) is 7.08. The average molecular weight is 629 g/mol. The van der Waals surface area contributed by atoms with Crippen LogP contribution in [0.5, 0.6) is 0 Å². The molecule has 7 atom stereocenters. The van der Waals surface area contributed by atoms with Crippen LogP contribution in [-0.2, 0) is 26.2 Å². The molecule has 242 valence electrons. The van der Waals surface area contributed by atoms with Crippen molar-refractivity contribution in [3.63, 3.8) is 0 Å². The SMILES string of the molecule is C/C=C1\CN2CC[C@]34C(=C(C=O)[C@H]1C[C@H]23)Nc1ccc([C@H]2C[C@H]3/C(=C\C)CN(C)[C@@H](Cc5c2[nH]c2ccccc52)[C@H]3C(=O)OC)cc14. The van der Waals surface area contributed by atoms with Crippen LogP contribution in [-0.4, -0.2) is 72.9 Å². The smallest absolute Gasteiger partial charge is 0.310 e. The summed E-state index contributed by atoms with van der Waals surface area (Å²) < 4.78 is 5.54. The summed E-state index contributed by atoms with van der Waals surface area (Å²) in [5.41, 5.74) is 12.1. The van der Waals surface area contributed by atoms with E-state index in [9.17, 15) is 9.59 Å². The van der Waals surface area contributed by atoms with Crippen LogP contribution in [0.25, 0.3) is 10.9 Å². The maximum atomic E-state index is 13.7. The van der Waals surface area contributed by atoms with Gasteiger partial charge in [-0.25, -0.2) is 0 Å². The summed E-state index contributed by atoms with van der Waals surface area (Å²) in [7, 11) is 3.69. The number of hydrogen-bond acceptors (Lipinski definition) is 6. The number of ether oxygens (including phenoxy) is 1. The van der Waals surface area contributed by atoms with Crippen LogP contribution in [0.2, 0.25) is 0 Å². The summed E-state index contributed by atoms with van der Waals surface area (Å²) in [6.07, 6.45) is 9.24. The Kier molecular flexibility index (Phi) is 6.55. The van der Waals surface area contributed by atoms with Crippen LogP contribution in [0, 0.1) is 17.8 Å². The lowest BCUT2D eigenvalue weighted by atomic mass is 9.61. The van der Waals surface area contributed by atoms with Crippen LogP contribution < -0.4 is 5.32 Å². The molecule has 0 saturated carbocycles. The summed E-state index contributed by atoms with van der Waals surface area (Å²) >= 11 is 0. The van der Waals surface area contributed by atoms with Gasteiger partial charge in [0.25, 0.3) is 0 Å². The van der Waals surface area contributed by atoms with Gasteiger partial charge in [-0.15, -0.1) is 0 Å². The monoisotopic (exact) mass is 628 g/mol. The molecule has 3 fully saturated rings. The highest BCUT2D eigenvalue weighted by molar-refractivity contribution is 5.87. The van der Waals surface area contributed by atoms with Crippen molar-refractivity contribution in [2.24, 2.45) is 17.8 Å². The number of piperidine rings is 2. The van der Waals surface area contributed by atoms with E-state index in [0.29, 0.717) is 6.04 Å². The molecule has 2 aliphatic carbocycles. The number of para-hydroxylation sites is 1. The quantitative estimate of drug-likeness (QED) is 0.208. The minimum Gasteiger partial charge on any atom is -0.469 e. The first-order valence-electron chi connectivity index (χ1n) is 17.4. The van der Waals surface area contributed by atoms with Crippen molar-refractivity contribution in [1.29, 1.82) is 0 Å². The largest absolute Gasteiger partial charge is 0.469 e. The number of nitrogens with zero attached hydrogens (tertiary/aromatic N) is 2. The van der Waals surface area contributed by atoms with Crippen molar-refractivity contribution in [1.82, 2.24) is 14.8 Å². The molecule has 5 heterocycles. The maximum absolute atomic E-state index is 13.7. The molecule has 47 heavy (non-hydrogen) atoms. The van der Waals surface area contributed by atoms with Crippen LogP contribution in [0.15, 0.2) is 77.0 Å². The molecule has 2 N–H and O–H groups in total. The Morgan fingerprint density at radius 1 is 1.04 bits per heavy atom. The van der Waals surface area contributed by atoms with Crippen LogP contribution in [0.1, 0.15) is 61.4 Å². The van der Waals surface area contributed by atoms with Crippen molar-refractivity contribution in [2.75, 3.05) is 39.1 Å². The highest BCUT2D eigenvalue weighted by Crippen LogP contribution is 2.61. The lowest BCUT2D eigenvalue weighted by molar-refractivity contribution is -0.151. The predicted molar refractivity (Wildman–Crippen MR) is 184 cm³/mol. The summed E-state index contributed by atoms with van der Waals surface area (Å²) in [5.74, 6) is 0.00335. The zero-order chi connectivity index (χ0) is 32.2. The Labute approximate surface area is 276 Å². The van der Waals surface area contributed by atoms with E-state index in [1.54, 1.807) is 0 Å². The Bertz CT molecular complexity index is 1930. The molecule has 7 nitrogen and oxygen atoms in total. The van der Waals surface area contributed by atoms with Crippen LogP contribution >= 0.6 is 0 Å². The van der Waals surface area contributed by atoms with Gasteiger partial charge in [0.15, 0.2) is 0 Å². The van der Waals surface area contributed by atoms with Crippen molar-refractivity contribution < 1.29 is 14.3 Å². The van der Waals surface area contributed by atoms with E-state index < -0.39 is 0 Å². The number of anilines is 1. The Hall–Kier alpha value is -3.94. The number of likely N-dealkylation sites (N-methyl/N-ethyl adjacent to an activating group) is 1. The second-order valence-corrected chi connectivity index (χ2v) is 14.8. The Morgan fingerprint density at radius 3 is 2.66 bits per heavy atom. The fraction of sp³-hybridized carbons (Fsp3) is 0.450. The number of fused-ring (bicyclic) bond motifs is 7. The van der Waals surface area contributed by atoms with Crippen molar-refractivity contribution in [3.05, 3.63) is 99.4 Å². The number of nitrogens with one attached hydrogen (secondary N) is 2. The summed E-state index contributed by atoms with van der Waals surface area (Å²) in [6, 6.07) is 16.1. The van der Waals surface area contributed by atoms with E-state index in [-0.39, 0.29) is 41.1 Å². The Balaban J connectivity index is 1.24. The van der Waals surface area contributed by atoms with Gasteiger partial charge < -0.3 is 15.0 Å². The minimum atomic E-state index is -0.240. The van der Waals surface area contributed by atoms with Crippen molar-refractivity contribution in [3.8, 4) is 0 Å². The number of methoxy groups -OCH3 is 1. The number of H-pyrrole nitrogens is 1. The summed E-state index contributed by atoms with van der Waals surface area (Å²) in [5, 5.41) is 5.06. The van der Waals surface area contributed by atoms with Gasteiger partial charge in [-0.3, -0.25) is 19.4 Å². The number of esters is 1. The average Bonchev–Trinajstić information content (AvgIpc) is 3.77. The van der Waals surface area contributed by atoms with E-state index in [4.69, 9.17) is 4.74 Å². The minimum absolute atomic E-state index is 0.0562. The lowest BCUT2D eigenvalue weighted by Crippen LogP contribution is -2.53. The maximum Gasteiger partial charge on any atom is 0.310 e. The molecule has 6 aliphatic rings. The number of hydrogen-bond donors (Lipinski definition) is 2. The third-order valence-electron chi connectivity index (χ3n) is 13.2. The number of allylic oxidation sites excluding steroid dienone is 3. The first kappa shape index (κ1) is 29.2. The van der Waals surface area contributed by atoms with Gasteiger partial charge in [-0.05, 0) is 81.3 Å². The number of carbonyl (C=O) groups excluding carboxylic acids is 2. The van der Waals surface area contributed by atoms with Gasteiger partial charge in [-0.2, -0.15) is 0 Å². The van der Waals surface area contributed by atoms with Gasteiger partial charge in [0.1, 0.15) is 6.29 Å². The fourth-order valence-electron chi connectivity index (χ4n) is 11.0. The molecule has 0 radical (unpaired) electrons. The molecule has 4 bridgehead atoms. The van der Waals surface area contributed by atoms with E-state index in [2.05, 4.69) is 95.6 Å². The number of carbonyl (C=O) groups is 2. The van der Waals surface area contributed by atoms with Gasteiger partial charge in [0, 0.05) is 77.1 Å². The second kappa shape index (κ2) is 10.5. The van der Waals surface area contributed by atoms with E-state index in [1.807, 2.05) is 0 Å². The van der Waals surface area contributed by atoms with Gasteiger partial charge in [0.2, 0.25) is 0 Å². The third kappa shape index (κ3) is 3.87. The Morgan fingerprint density at radius 2 is 1.87 bits per heavy atom. The number of rotatable bonds is 3. The molecule has 3 aromatic rings. The molecule has 1 spiro atoms. The second-order valence-electron chi connectivity index (χ2n) is 14.8. The number of likely N-dealkylation sites (tertiary alicyclic amines) is 1.